The number of aromatic hydroxyl groups is 1. The number of nitrogens with zero attached hydrogens (tertiary/aromatic N) is 1. The van der Waals surface area contributed by atoms with Crippen molar-refractivity contribution < 1.29 is 5.11 Å². The molecule has 5 heteroatoms. The number of benzene rings is 1. The Bertz CT molecular complexity index is 451. The summed E-state index contributed by atoms with van der Waals surface area (Å²) in [5.41, 5.74) is 3.76. The SMILES string of the molecule is C=CCC[C@@H](c1c(C)cc(O)cc1C)N1CCNCC1.Cl.Cl. The first-order chi connectivity index (χ1) is 9.63. The molecule has 0 aliphatic carbocycles. The first-order valence-electron chi connectivity index (χ1n) is 7.49. The van der Waals surface area contributed by atoms with Gasteiger partial charge in [0, 0.05) is 32.2 Å². The van der Waals surface area contributed by atoms with E-state index >= 15 is 0 Å². The zero-order valence-electron chi connectivity index (χ0n) is 13.5. The molecule has 1 aliphatic rings. The highest BCUT2D eigenvalue weighted by Gasteiger charge is 2.24. The van der Waals surface area contributed by atoms with Crippen molar-refractivity contribution in [2.24, 2.45) is 0 Å². The molecule has 0 spiro atoms. The molecule has 2 rings (SSSR count). The molecular formula is C17H28Cl2N2O. The first-order valence-corrected chi connectivity index (χ1v) is 7.49. The number of allylic oxidation sites excluding steroid dienone is 1. The fraction of sp³-hybridized carbons (Fsp3) is 0.529. The molecule has 3 nitrogen and oxygen atoms in total. The van der Waals surface area contributed by atoms with Gasteiger partial charge in [-0.15, -0.1) is 31.4 Å². The minimum absolute atomic E-state index is 0. The molecule has 1 aromatic carbocycles. The van der Waals surface area contributed by atoms with Crippen LogP contribution in [-0.2, 0) is 0 Å². The van der Waals surface area contributed by atoms with Gasteiger partial charge in [-0.1, -0.05) is 6.08 Å². The summed E-state index contributed by atoms with van der Waals surface area (Å²) < 4.78 is 0. The van der Waals surface area contributed by atoms with E-state index in [9.17, 15) is 5.11 Å². The molecule has 1 aromatic rings. The third-order valence-electron chi connectivity index (χ3n) is 4.15. The van der Waals surface area contributed by atoms with Crippen LogP contribution in [0.3, 0.4) is 0 Å². The number of piperazine rings is 1. The maximum Gasteiger partial charge on any atom is 0.116 e. The number of rotatable bonds is 5. The molecule has 0 radical (unpaired) electrons. The fourth-order valence-electron chi connectivity index (χ4n) is 3.26. The van der Waals surface area contributed by atoms with Gasteiger partial charge in [-0.2, -0.15) is 0 Å². The molecule has 0 saturated carbocycles. The molecule has 0 bridgehead atoms. The molecule has 22 heavy (non-hydrogen) atoms. The van der Waals surface area contributed by atoms with Crippen molar-refractivity contribution in [1.82, 2.24) is 10.2 Å². The van der Waals surface area contributed by atoms with Gasteiger partial charge in [-0.25, -0.2) is 0 Å². The van der Waals surface area contributed by atoms with Gasteiger partial charge in [-0.3, -0.25) is 4.90 Å². The summed E-state index contributed by atoms with van der Waals surface area (Å²) in [7, 11) is 0. The van der Waals surface area contributed by atoms with Crippen LogP contribution in [-0.4, -0.2) is 36.2 Å². The summed E-state index contributed by atoms with van der Waals surface area (Å²) in [6.07, 6.45) is 4.12. The third kappa shape index (κ3) is 5.17. The maximum atomic E-state index is 9.75. The predicted octanol–water partition coefficient (Wildman–Crippen LogP) is 3.77. The highest BCUT2D eigenvalue weighted by Crippen LogP contribution is 2.33. The Morgan fingerprint density at radius 1 is 1.23 bits per heavy atom. The van der Waals surface area contributed by atoms with Crippen LogP contribution >= 0.6 is 24.8 Å². The molecule has 0 amide bonds. The average Bonchev–Trinajstić information content (AvgIpc) is 2.42. The van der Waals surface area contributed by atoms with E-state index in [1.54, 1.807) is 0 Å². The molecule has 1 saturated heterocycles. The van der Waals surface area contributed by atoms with E-state index in [1.165, 1.54) is 16.7 Å². The number of phenolic OH excluding ortho intramolecular Hbond substituents is 1. The molecule has 1 heterocycles. The van der Waals surface area contributed by atoms with Crippen LogP contribution in [0, 0.1) is 13.8 Å². The van der Waals surface area contributed by atoms with E-state index in [4.69, 9.17) is 0 Å². The van der Waals surface area contributed by atoms with Gasteiger partial charge in [0.2, 0.25) is 0 Å². The van der Waals surface area contributed by atoms with E-state index in [-0.39, 0.29) is 24.8 Å². The van der Waals surface area contributed by atoms with E-state index in [2.05, 4.69) is 30.6 Å². The van der Waals surface area contributed by atoms with Crippen LogP contribution in [0.2, 0.25) is 0 Å². The Kier molecular flexibility index (Phi) is 9.77. The number of phenols is 1. The van der Waals surface area contributed by atoms with E-state index in [0.717, 1.165) is 39.0 Å². The monoisotopic (exact) mass is 346 g/mol. The lowest BCUT2D eigenvalue weighted by atomic mass is 9.91. The summed E-state index contributed by atoms with van der Waals surface area (Å²) in [6, 6.07) is 4.19. The molecule has 1 fully saturated rings. The van der Waals surface area contributed by atoms with Crippen LogP contribution in [0.1, 0.15) is 35.6 Å². The van der Waals surface area contributed by atoms with Crippen LogP contribution in [0.15, 0.2) is 24.8 Å². The number of halogens is 2. The minimum atomic E-state index is 0. The zero-order valence-corrected chi connectivity index (χ0v) is 15.1. The topological polar surface area (TPSA) is 35.5 Å². The fourth-order valence-corrected chi connectivity index (χ4v) is 3.26. The van der Waals surface area contributed by atoms with Gasteiger partial charge >= 0.3 is 0 Å². The Morgan fingerprint density at radius 3 is 2.27 bits per heavy atom. The van der Waals surface area contributed by atoms with Gasteiger partial charge in [0.05, 0.1) is 0 Å². The Balaban J connectivity index is 0.00000220. The predicted molar refractivity (Wildman–Crippen MR) is 98.7 cm³/mol. The lowest BCUT2D eigenvalue weighted by molar-refractivity contribution is 0.165. The second-order valence-electron chi connectivity index (χ2n) is 5.66. The molecule has 1 aliphatic heterocycles. The van der Waals surface area contributed by atoms with E-state index in [0.29, 0.717) is 11.8 Å². The largest absolute Gasteiger partial charge is 0.508 e. The lowest BCUT2D eigenvalue weighted by Crippen LogP contribution is -2.45. The lowest BCUT2D eigenvalue weighted by Gasteiger charge is -2.36. The summed E-state index contributed by atoms with van der Waals surface area (Å²) >= 11 is 0. The van der Waals surface area contributed by atoms with Crippen molar-refractivity contribution in [3.63, 3.8) is 0 Å². The Morgan fingerprint density at radius 2 is 1.77 bits per heavy atom. The number of nitrogens with one attached hydrogen (secondary N) is 1. The van der Waals surface area contributed by atoms with E-state index in [1.807, 2.05) is 18.2 Å². The summed E-state index contributed by atoms with van der Waals surface area (Å²) in [6.45, 7) is 12.3. The van der Waals surface area contributed by atoms with E-state index < -0.39 is 0 Å². The van der Waals surface area contributed by atoms with Crippen LogP contribution < -0.4 is 5.32 Å². The molecule has 0 unspecified atom stereocenters. The number of hydrogen-bond donors (Lipinski definition) is 2. The van der Waals surface area contributed by atoms with Crippen LogP contribution in [0.4, 0.5) is 0 Å². The third-order valence-corrected chi connectivity index (χ3v) is 4.15. The summed E-state index contributed by atoms with van der Waals surface area (Å²) in [5, 5.41) is 13.2. The van der Waals surface area contributed by atoms with Crippen molar-refractivity contribution in [3.8, 4) is 5.75 Å². The maximum absolute atomic E-state index is 9.75. The smallest absolute Gasteiger partial charge is 0.116 e. The van der Waals surface area contributed by atoms with Crippen LogP contribution in [0.25, 0.3) is 0 Å². The number of hydrogen-bond acceptors (Lipinski definition) is 3. The standard InChI is InChI=1S/C17H26N2O.2ClH/c1-4-5-6-16(19-9-7-18-8-10-19)17-13(2)11-15(20)12-14(17)3;;/h4,11-12,16,18,20H,1,5-10H2,2-3H3;2*1H/t16-;;/m0../s1. The zero-order chi connectivity index (χ0) is 14.5. The Hall–Kier alpha value is -0.740. The van der Waals surface area contributed by atoms with Crippen molar-refractivity contribution in [2.45, 2.75) is 32.7 Å². The van der Waals surface area contributed by atoms with Crippen molar-refractivity contribution in [3.05, 3.63) is 41.5 Å². The van der Waals surface area contributed by atoms with Crippen molar-refractivity contribution >= 4 is 24.8 Å². The first kappa shape index (κ1) is 21.3. The Labute approximate surface area is 146 Å². The quantitative estimate of drug-likeness (QED) is 0.796. The van der Waals surface area contributed by atoms with Gasteiger partial charge < -0.3 is 10.4 Å². The van der Waals surface area contributed by atoms with Crippen molar-refractivity contribution in [1.29, 1.82) is 0 Å². The second kappa shape index (κ2) is 10.1. The molecule has 1 atom stereocenters. The average molecular weight is 347 g/mol. The normalized spacial score (nSPS) is 16.3. The highest BCUT2D eigenvalue weighted by molar-refractivity contribution is 5.85. The van der Waals surface area contributed by atoms with Gasteiger partial charge in [0.1, 0.15) is 5.75 Å². The van der Waals surface area contributed by atoms with Gasteiger partial charge in [0.25, 0.3) is 0 Å². The minimum Gasteiger partial charge on any atom is -0.508 e. The van der Waals surface area contributed by atoms with Gasteiger partial charge in [0.15, 0.2) is 0 Å². The molecule has 0 aromatic heterocycles. The molecule has 126 valence electrons. The van der Waals surface area contributed by atoms with Crippen molar-refractivity contribution in [2.75, 3.05) is 26.2 Å². The summed E-state index contributed by atoms with van der Waals surface area (Å²) in [5.74, 6) is 0.367. The molecule has 2 N–H and O–H groups in total. The summed E-state index contributed by atoms with van der Waals surface area (Å²) in [4.78, 5) is 2.56. The molecular weight excluding hydrogens is 319 g/mol. The van der Waals surface area contributed by atoms with Crippen LogP contribution in [0.5, 0.6) is 5.75 Å². The van der Waals surface area contributed by atoms with Gasteiger partial charge in [-0.05, 0) is 55.5 Å². The number of aryl methyl sites for hydroxylation is 2. The second-order valence-corrected chi connectivity index (χ2v) is 5.66. The highest BCUT2D eigenvalue weighted by atomic mass is 35.5.